The Balaban J connectivity index is 0.000000436. The number of rotatable bonds is 7. The van der Waals surface area contributed by atoms with E-state index in [0.717, 1.165) is 14.7 Å². The fraction of sp³-hybridized carbons (Fsp3) is 0.526. The van der Waals surface area contributed by atoms with E-state index in [1.165, 1.54) is 28.0 Å². The third-order valence-electron chi connectivity index (χ3n) is 6.05. The number of thiazole rings is 1. The van der Waals surface area contributed by atoms with Crippen LogP contribution in [-0.4, -0.2) is 79.7 Å². The molecule has 0 aromatic carbocycles. The number of thioether (sulfide) groups is 1. The first kappa shape index (κ1) is 29.8. The van der Waals surface area contributed by atoms with Gasteiger partial charge in [-0.15, -0.1) is 0 Å². The third-order valence-corrected chi connectivity index (χ3v) is 8.70. The fourth-order valence-electron chi connectivity index (χ4n) is 4.50. The van der Waals surface area contributed by atoms with Crippen LogP contribution in [0.3, 0.4) is 0 Å². The molecule has 2 aliphatic rings. The summed E-state index contributed by atoms with van der Waals surface area (Å²) in [6.07, 6.45) is 4.61. The Morgan fingerprint density at radius 2 is 1.97 bits per heavy atom. The molecule has 0 aliphatic carbocycles. The molecule has 0 unspecified atom stereocenters. The number of fused-ring (bicyclic) bond motifs is 2. The summed E-state index contributed by atoms with van der Waals surface area (Å²) >= 11 is 2.86. The van der Waals surface area contributed by atoms with Crippen LogP contribution in [0.2, 0.25) is 0 Å². The Morgan fingerprint density at radius 3 is 2.42 bits per heavy atom. The monoisotopic (exact) mass is 602 g/mol. The highest BCUT2D eigenvalue weighted by molar-refractivity contribution is 7.98. The predicted molar refractivity (Wildman–Crippen MR) is 124 cm³/mol. The number of β-lactam (4-membered cyclic amide) rings is 1. The molecule has 0 bridgehead atoms. The van der Waals surface area contributed by atoms with Gasteiger partial charge in [0.05, 0.1) is 22.9 Å². The van der Waals surface area contributed by atoms with Crippen molar-refractivity contribution in [2.24, 2.45) is 11.8 Å². The van der Waals surface area contributed by atoms with Gasteiger partial charge in [-0.25, -0.2) is 17.8 Å². The minimum Gasteiger partial charge on any atom is -0.741 e. The Hall–Kier alpha value is -2.74. The van der Waals surface area contributed by atoms with Crippen LogP contribution in [0.25, 0.3) is 10.4 Å². The van der Waals surface area contributed by atoms with Crippen molar-refractivity contribution in [1.82, 2.24) is 9.30 Å². The lowest BCUT2D eigenvalue weighted by Crippen LogP contribution is -2.63. The summed E-state index contributed by atoms with van der Waals surface area (Å²) in [6.45, 7) is 3.49. The number of carbonyl (C=O) groups is 2. The first-order valence-corrected chi connectivity index (χ1v) is 14.1. The molecule has 4 rings (SSSR count). The van der Waals surface area contributed by atoms with Gasteiger partial charge in [0.1, 0.15) is 11.9 Å². The van der Waals surface area contributed by atoms with Crippen LogP contribution < -0.4 is 4.57 Å². The van der Waals surface area contributed by atoms with E-state index in [0.29, 0.717) is 5.57 Å². The Labute approximate surface area is 221 Å². The summed E-state index contributed by atoms with van der Waals surface area (Å²) in [5.74, 6) is -2.37. The summed E-state index contributed by atoms with van der Waals surface area (Å²) in [6, 6.07) is -0.370. The van der Waals surface area contributed by atoms with Gasteiger partial charge in [-0.3, -0.25) is 14.9 Å². The van der Waals surface area contributed by atoms with Crippen LogP contribution in [0.4, 0.5) is 13.2 Å². The quantitative estimate of drug-likeness (QED) is 0.0880. The van der Waals surface area contributed by atoms with Crippen LogP contribution in [0.1, 0.15) is 18.7 Å². The molecule has 0 spiro atoms. The molecule has 0 saturated carbocycles. The van der Waals surface area contributed by atoms with Crippen molar-refractivity contribution in [2.75, 3.05) is 12.8 Å². The number of carbonyl (C=O) groups excluding carboxylic acids is 1. The number of aliphatic hydroxyl groups is 1. The number of amides is 1. The summed E-state index contributed by atoms with van der Waals surface area (Å²) in [5, 5.41) is 31.4. The average Bonchev–Trinajstić information content (AvgIpc) is 3.38. The molecule has 19 heteroatoms. The van der Waals surface area contributed by atoms with Crippen LogP contribution in [-0.2, 0) is 26.3 Å². The number of nitrogens with zero attached hydrogens (tertiary/aromatic N) is 4. The van der Waals surface area contributed by atoms with E-state index in [2.05, 4.69) is 0 Å². The Morgan fingerprint density at radius 1 is 1.39 bits per heavy atom. The van der Waals surface area contributed by atoms with Crippen LogP contribution in [0, 0.1) is 22.0 Å². The normalized spacial score (nSPS) is 22.2. The molecule has 2 N–H and O–H groups in total. The number of aliphatic carboxylic acids is 1. The molecule has 2 aromatic rings. The average molecular weight is 603 g/mol. The molecule has 4 heterocycles. The molecule has 210 valence electrons. The van der Waals surface area contributed by atoms with Crippen molar-refractivity contribution < 1.29 is 55.4 Å². The molecule has 38 heavy (non-hydrogen) atoms. The number of nitro groups is 1. The van der Waals surface area contributed by atoms with Gasteiger partial charge in [-0.05, 0) is 13.2 Å². The molecule has 0 radical (unpaired) electrons. The van der Waals surface area contributed by atoms with Crippen LogP contribution >= 0.6 is 23.1 Å². The zero-order chi connectivity index (χ0) is 28.9. The van der Waals surface area contributed by atoms with Gasteiger partial charge in [-0.1, -0.05) is 30.0 Å². The lowest BCUT2D eigenvalue weighted by molar-refractivity contribution is -0.747. The maximum Gasteiger partial charge on any atom is 0.485 e. The second kappa shape index (κ2) is 10.4. The molecule has 2 aromatic heterocycles. The Kier molecular flexibility index (Phi) is 8.19. The van der Waals surface area contributed by atoms with Gasteiger partial charge in [0.2, 0.25) is 22.3 Å². The van der Waals surface area contributed by atoms with E-state index < -0.39 is 33.6 Å². The standard InChI is InChI=1S/C18H20N4O6S2.CHF3O3S/c1-8-11(14(18(25)26)22-13(8)12(9(2)23)15(22)24)10-6-20-7-19(4-5-21(27)28)16(29-3)17(20)30-10;2-1(3,4)8(5,6)7/h6-9,12-13,23H,4-5H2,1-3H3;(H,5,6,7)/t8-,9+,12+,13+;/m0./s1. The first-order valence-electron chi connectivity index (χ1n) is 10.6. The highest BCUT2D eigenvalue weighted by Gasteiger charge is 2.60. The van der Waals surface area contributed by atoms with Crippen molar-refractivity contribution in [3.8, 4) is 0 Å². The van der Waals surface area contributed by atoms with Gasteiger partial charge >= 0.3 is 11.5 Å². The third kappa shape index (κ3) is 5.24. The number of aliphatic hydroxyl groups excluding tert-OH is 1. The molecule has 1 saturated heterocycles. The van der Waals surface area contributed by atoms with Gasteiger partial charge in [0.15, 0.2) is 16.7 Å². The fourth-order valence-corrected chi connectivity index (χ4v) is 6.71. The first-order chi connectivity index (χ1) is 17.4. The van der Waals surface area contributed by atoms with Crippen molar-refractivity contribution in [3.63, 3.8) is 0 Å². The van der Waals surface area contributed by atoms with E-state index in [9.17, 15) is 43.1 Å². The number of imidazole rings is 1. The highest BCUT2D eigenvalue weighted by Crippen LogP contribution is 2.51. The minimum atomic E-state index is -6.09. The van der Waals surface area contributed by atoms with Gasteiger partial charge < -0.3 is 19.7 Å². The highest BCUT2D eigenvalue weighted by atomic mass is 32.2. The maximum absolute atomic E-state index is 12.5. The number of halogens is 3. The molecule has 1 fully saturated rings. The summed E-state index contributed by atoms with van der Waals surface area (Å²) in [5.41, 5.74) is -5.08. The van der Waals surface area contributed by atoms with Crippen molar-refractivity contribution in [1.29, 1.82) is 0 Å². The van der Waals surface area contributed by atoms with E-state index in [1.54, 1.807) is 13.3 Å². The van der Waals surface area contributed by atoms with Gasteiger partial charge in [-0.2, -0.15) is 17.6 Å². The van der Waals surface area contributed by atoms with Crippen molar-refractivity contribution in [2.45, 2.75) is 43.1 Å². The molecule has 13 nitrogen and oxygen atoms in total. The second-order valence-corrected chi connectivity index (χ2v) is 11.6. The number of aromatic nitrogens is 2. The minimum absolute atomic E-state index is 0.0224. The van der Waals surface area contributed by atoms with E-state index >= 15 is 0 Å². The molecular formula is C19H21F3N4O9S3. The molecule has 1 amide bonds. The predicted octanol–water partition coefficient (Wildman–Crippen LogP) is 0.992. The number of carboxylic acid groups (broad SMARTS) is 1. The molecular weight excluding hydrogens is 581 g/mol. The largest absolute Gasteiger partial charge is 0.741 e. The lowest BCUT2D eigenvalue weighted by atomic mass is 9.77. The van der Waals surface area contributed by atoms with E-state index in [1.807, 2.05) is 28.3 Å². The smallest absolute Gasteiger partial charge is 0.485 e. The summed E-state index contributed by atoms with van der Waals surface area (Å²) in [7, 11) is -6.09. The maximum atomic E-state index is 12.5. The lowest BCUT2D eigenvalue weighted by Gasteiger charge is -2.46. The van der Waals surface area contributed by atoms with E-state index in [-0.39, 0.29) is 41.6 Å². The van der Waals surface area contributed by atoms with Crippen LogP contribution in [0.5, 0.6) is 0 Å². The zero-order valence-corrected chi connectivity index (χ0v) is 22.2. The number of hydrogen-bond acceptors (Lipinski definition) is 10. The summed E-state index contributed by atoms with van der Waals surface area (Å²) in [4.78, 5) is 37.8. The summed E-state index contributed by atoms with van der Waals surface area (Å²) < 4.78 is 62.6. The van der Waals surface area contributed by atoms with Gasteiger partial charge in [0.25, 0.3) is 6.33 Å². The van der Waals surface area contributed by atoms with Crippen LogP contribution in [0.15, 0.2) is 23.2 Å². The second-order valence-electron chi connectivity index (χ2n) is 8.40. The molecule has 2 aliphatic heterocycles. The Bertz CT molecular complexity index is 1430. The number of alkyl halides is 3. The number of carboxylic acids is 1. The van der Waals surface area contributed by atoms with Crippen molar-refractivity contribution >= 4 is 55.5 Å². The SMILES string of the molecule is CSc1c2sc(C3=C(C(=O)O)N4C(=O)[C@H]([C@@H](C)O)[C@H]4[C@H]3C)cn2c[n+]1CC[N+](=O)[O-].O=S(=O)([O-])C(F)(F)F. The van der Waals surface area contributed by atoms with E-state index in [4.69, 9.17) is 13.0 Å². The van der Waals surface area contributed by atoms with Gasteiger partial charge in [0, 0.05) is 16.4 Å². The molecule has 4 atom stereocenters. The van der Waals surface area contributed by atoms with Crippen molar-refractivity contribution in [3.05, 3.63) is 33.2 Å². The zero-order valence-electron chi connectivity index (χ0n) is 19.8. The number of hydrogen-bond donors (Lipinski definition) is 2. The topological polar surface area (TPSA) is 186 Å².